The van der Waals surface area contributed by atoms with Crippen molar-refractivity contribution in [2.75, 3.05) is 11.9 Å². The van der Waals surface area contributed by atoms with Gasteiger partial charge in [0.1, 0.15) is 23.0 Å². The number of aromatic nitrogens is 5. The standard InChI is InChI=1S/C30H37N7O2/c1-18(2)14-23(20-6-4-7-20)30(39)36-13-12-21-16-31-25(15-22(21)17-36)29(38)33-26-9-5-8-24(32-26)28-35-34-27-11-10-19(3)37(27)28/h5,8-9,15-16,18-20,23H,4,6-7,10-14,17H2,1-3H3,(H,32,33,38). The number of anilines is 1. The van der Waals surface area contributed by atoms with Crippen molar-refractivity contribution in [3.8, 4) is 11.5 Å². The second-order valence-electron chi connectivity index (χ2n) is 11.8. The van der Waals surface area contributed by atoms with Gasteiger partial charge in [0, 0.05) is 37.7 Å². The average Bonchev–Trinajstić information content (AvgIpc) is 3.49. The zero-order chi connectivity index (χ0) is 27.1. The van der Waals surface area contributed by atoms with E-state index >= 15 is 0 Å². The Morgan fingerprint density at radius 3 is 2.72 bits per heavy atom. The number of hydrogen-bond donors (Lipinski definition) is 1. The highest BCUT2D eigenvalue weighted by atomic mass is 16.2. The van der Waals surface area contributed by atoms with Crippen LogP contribution in [0.1, 0.15) is 86.4 Å². The number of amides is 2. The molecule has 0 saturated heterocycles. The molecular weight excluding hydrogens is 490 g/mol. The third kappa shape index (κ3) is 5.06. The molecule has 0 bridgehead atoms. The zero-order valence-corrected chi connectivity index (χ0v) is 23.1. The summed E-state index contributed by atoms with van der Waals surface area (Å²) in [4.78, 5) is 37.9. The van der Waals surface area contributed by atoms with E-state index in [0.29, 0.717) is 48.2 Å². The number of carbonyl (C=O) groups excluding carboxylic acids is 2. The average molecular weight is 528 g/mol. The van der Waals surface area contributed by atoms with E-state index in [1.807, 2.05) is 23.1 Å². The largest absolute Gasteiger partial charge is 0.338 e. The Labute approximate surface area is 229 Å². The molecule has 5 heterocycles. The van der Waals surface area contributed by atoms with Crippen molar-refractivity contribution < 1.29 is 9.59 Å². The van der Waals surface area contributed by atoms with Crippen LogP contribution in [-0.4, -0.2) is 48.0 Å². The van der Waals surface area contributed by atoms with Gasteiger partial charge in [-0.2, -0.15) is 0 Å². The monoisotopic (exact) mass is 527 g/mol. The van der Waals surface area contributed by atoms with Crippen LogP contribution >= 0.6 is 0 Å². The number of pyridine rings is 2. The first kappa shape index (κ1) is 25.6. The maximum atomic E-state index is 13.6. The van der Waals surface area contributed by atoms with E-state index in [-0.39, 0.29) is 17.7 Å². The maximum absolute atomic E-state index is 13.6. The van der Waals surface area contributed by atoms with E-state index < -0.39 is 0 Å². The van der Waals surface area contributed by atoms with Crippen LogP contribution in [0.2, 0.25) is 0 Å². The van der Waals surface area contributed by atoms with E-state index in [4.69, 9.17) is 0 Å². The van der Waals surface area contributed by atoms with E-state index in [9.17, 15) is 9.59 Å². The minimum atomic E-state index is -0.321. The number of fused-ring (bicyclic) bond motifs is 2. The van der Waals surface area contributed by atoms with Gasteiger partial charge in [-0.1, -0.05) is 26.3 Å². The van der Waals surface area contributed by atoms with Crippen LogP contribution in [0.3, 0.4) is 0 Å². The van der Waals surface area contributed by atoms with Gasteiger partial charge in [0.25, 0.3) is 5.91 Å². The Hall–Kier alpha value is -3.62. The SMILES string of the molecule is CC(C)CC(C(=O)N1CCc2cnc(C(=O)Nc3cccc(-c4nnc5n4C(C)CC5)n3)cc2C1)C1CCC1. The molecule has 1 fully saturated rings. The van der Waals surface area contributed by atoms with Crippen molar-refractivity contribution >= 4 is 17.6 Å². The molecule has 2 unspecified atom stereocenters. The lowest BCUT2D eigenvalue weighted by molar-refractivity contribution is -0.140. The highest BCUT2D eigenvalue weighted by Crippen LogP contribution is 2.38. The van der Waals surface area contributed by atoms with Crippen LogP contribution in [0.25, 0.3) is 11.5 Å². The molecule has 2 amide bonds. The fourth-order valence-corrected chi connectivity index (χ4v) is 6.24. The van der Waals surface area contributed by atoms with Crippen LogP contribution in [-0.2, 0) is 24.2 Å². The van der Waals surface area contributed by atoms with Gasteiger partial charge in [0.2, 0.25) is 5.91 Å². The summed E-state index contributed by atoms with van der Waals surface area (Å²) in [5, 5.41) is 11.6. The maximum Gasteiger partial charge on any atom is 0.275 e. The highest BCUT2D eigenvalue weighted by Gasteiger charge is 2.36. The minimum Gasteiger partial charge on any atom is -0.338 e. The fraction of sp³-hybridized carbons (Fsp3) is 0.533. The first-order chi connectivity index (χ1) is 18.9. The first-order valence-corrected chi connectivity index (χ1v) is 14.4. The molecule has 1 aliphatic carbocycles. The highest BCUT2D eigenvalue weighted by molar-refractivity contribution is 6.02. The summed E-state index contributed by atoms with van der Waals surface area (Å²) in [5.41, 5.74) is 3.11. The number of aryl methyl sites for hydroxylation is 1. The fourth-order valence-electron chi connectivity index (χ4n) is 6.24. The van der Waals surface area contributed by atoms with Gasteiger partial charge in [-0.25, -0.2) is 4.98 Å². The van der Waals surface area contributed by atoms with E-state index in [0.717, 1.165) is 61.3 Å². The Balaban J connectivity index is 1.17. The normalized spacial score (nSPS) is 19.4. The summed E-state index contributed by atoms with van der Waals surface area (Å²) in [6.45, 7) is 7.79. The van der Waals surface area contributed by atoms with Gasteiger partial charge in [-0.05, 0) is 80.2 Å². The second kappa shape index (κ2) is 10.5. The summed E-state index contributed by atoms with van der Waals surface area (Å²) in [6.07, 6.45) is 9.01. The molecule has 0 spiro atoms. The van der Waals surface area contributed by atoms with Gasteiger partial charge in [0.05, 0.1) is 0 Å². The molecule has 39 heavy (non-hydrogen) atoms. The number of nitrogens with one attached hydrogen (secondary N) is 1. The Bertz CT molecular complexity index is 1390. The zero-order valence-electron chi connectivity index (χ0n) is 23.1. The van der Waals surface area contributed by atoms with Crippen LogP contribution in [0.5, 0.6) is 0 Å². The van der Waals surface area contributed by atoms with Crippen LogP contribution in [0.15, 0.2) is 30.5 Å². The van der Waals surface area contributed by atoms with Gasteiger partial charge < -0.3 is 14.8 Å². The Morgan fingerprint density at radius 2 is 1.95 bits per heavy atom. The molecular formula is C30H37N7O2. The lowest BCUT2D eigenvalue weighted by atomic mass is 9.72. The molecule has 6 rings (SSSR count). The van der Waals surface area contributed by atoms with Crippen molar-refractivity contribution in [1.82, 2.24) is 29.6 Å². The smallest absolute Gasteiger partial charge is 0.275 e. The number of carbonyl (C=O) groups is 2. The first-order valence-electron chi connectivity index (χ1n) is 14.4. The molecule has 9 heteroatoms. The Morgan fingerprint density at radius 1 is 1.10 bits per heavy atom. The number of hydrogen-bond acceptors (Lipinski definition) is 6. The van der Waals surface area contributed by atoms with Crippen molar-refractivity contribution in [1.29, 1.82) is 0 Å². The number of rotatable bonds is 7. The molecule has 204 valence electrons. The predicted molar refractivity (Wildman–Crippen MR) is 148 cm³/mol. The topological polar surface area (TPSA) is 106 Å². The quantitative estimate of drug-likeness (QED) is 0.471. The minimum absolute atomic E-state index is 0.109. The summed E-state index contributed by atoms with van der Waals surface area (Å²) in [5.74, 6) is 3.22. The molecule has 3 aromatic heterocycles. The van der Waals surface area contributed by atoms with Gasteiger partial charge >= 0.3 is 0 Å². The Kier molecular flexibility index (Phi) is 6.91. The summed E-state index contributed by atoms with van der Waals surface area (Å²) >= 11 is 0. The van der Waals surface area contributed by atoms with Crippen LogP contribution in [0.4, 0.5) is 5.82 Å². The van der Waals surface area contributed by atoms with Crippen LogP contribution < -0.4 is 5.32 Å². The van der Waals surface area contributed by atoms with Crippen molar-refractivity contribution in [3.05, 3.63) is 53.1 Å². The molecule has 1 N–H and O–H groups in total. The molecule has 0 radical (unpaired) electrons. The van der Waals surface area contributed by atoms with Crippen molar-refractivity contribution in [2.24, 2.45) is 17.8 Å². The van der Waals surface area contributed by atoms with Gasteiger partial charge in [-0.15, -0.1) is 10.2 Å². The molecule has 2 aliphatic heterocycles. The molecule has 3 aliphatic rings. The van der Waals surface area contributed by atoms with Crippen LogP contribution in [0, 0.1) is 17.8 Å². The lowest BCUT2D eigenvalue weighted by Crippen LogP contribution is -2.43. The third-order valence-electron chi connectivity index (χ3n) is 8.61. The molecule has 1 saturated carbocycles. The summed E-state index contributed by atoms with van der Waals surface area (Å²) in [6, 6.07) is 7.67. The molecule has 0 aromatic carbocycles. The van der Waals surface area contributed by atoms with E-state index in [1.165, 1.54) is 6.42 Å². The van der Waals surface area contributed by atoms with Gasteiger partial charge in [-0.3, -0.25) is 14.6 Å². The second-order valence-corrected chi connectivity index (χ2v) is 11.8. The van der Waals surface area contributed by atoms with Crippen molar-refractivity contribution in [2.45, 2.75) is 78.3 Å². The van der Waals surface area contributed by atoms with E-state index in [2.05, 4.69) is 50.8 Å². The lowest BCUT2D eigenvalue weighted by Gasteiger charge is -2.38. The van der Waals surface area contributed by atoms with E-state index in [1.54, 1.807) is 12.3 Å². The summed E-state index contributed by atoms with van der Waals surface area (Å²) < 4.78 is 2.13. The summed E-state index contributed by atoms with van der Waals surface area (Å²) in [7, 11) is 0. The molecule has 3 aromatic rings. The predicted octanol–water partition coefficient (Wildman–Crippen LogP) is 4.84. The molecule has 2 atom stereocenters. The van der Waals surface area contributed by atoms with Crippen molar-refractivity contribution in [3.63, 3.8) is 0 Å². The number of nitrogens with zero attached hydrogens (tertiary/aromatic N) is 6. The third-order valence-corrected chi connectivity index (χ3v) is 8.61. The molecule has 9 nitrogen and oxygen atoms in total. The van der Waals surface area contributed by atoms with Gasteiger partial charge in [0.15, 0.2) is 5.82 Å².